The van der Waals surface area contributed by atoms with Gasteiger partial charge in [0.05, 0.1) is 16.2 Å². The van der Waals surface area contributed by atoms with Crippen LogP contribution >= 0.6 is 0 Å². The summed E-state index contributed by atoms with van der Waals surface area (Å²) in [5.74, 6) is -4.41. The lowest BCUT2D eigenvalue weighted by Crippen LogP contribution is -2.19. The number of hydrogen-bond donors (Lipinski definition) is 1. The molecule has 2 aromatic carbocycles. The van der Waals surface area contributed by atoms with Gasteiger partial charge in [0.1, 0.15) is 5.65 Å². The molecule has 0 bridgehead atoms. The number of pyridine rings is 1. The third kappa shape index (κ3) is 3.67. The minimum absolute atomic E-state index is 0.345. The number of carbonyl (C=O) groups is 1. The average molecular weight is 427 g/mol. The molecule has 4 rings (SSSR count). The molecule has 0 saturated carbocycles. The van der Waals surface area contributed by atoms with Crippen LogP contribution < -0.4 is 5.32 Å². The van der Waals surface area contributed by atoms with E-state index in [1.54, 1.807) is 24.3 Å². The number of sulfone groups is 1. The molecular formula is C21H15F2N3O3S. The number of nitrogens with one attached hydrogen (secondary N) is 1. The van der Waals surface area contributed by atoms with E-state index in [9.17, 15) is 22.0 Å². The van der Waals surface area contributed by atoms with Gasteiger partial charge in [-0.1, -0.05) is 30.3 Å². The number of hydrogen-bond acceptors (Lipinski definition) is 4. The van der Waals surface area contributed by atoms with Crippen LogP contribution in [0.2, 0.25) is 0 Å². The Balaban J connectivity index is 1.58. The zero-order chi connectivity index (χ0) is 21.3. The maximum atomic E-state index is 12.9. The lowest BCUT2D eigenvalue weighted by atomic mass is 10.1. The van der Waals surface area contributed by atoms with Gasteiger partial charge < -0.3 is 9.72 Å². The molecular weight excluding hydrogens is 412 g/mol. The van der Waals surface area contributed by atoms with E-state index in [1.807, 2.05) is 35.0 Å². The second-order valence-electron chi connectivity index (χ2n) is 6.43. The molecule has 0 radical (unpaired) electrons. The molecule has 6 nitrogen and oxygen atoms in total. The van der Waals surface area contributed by atoms with Crippen molar-refractivity contribution < 1.29 is 22.0 Å². The Morgan fingerprint density at radius 1 is 0.967 bits per heavy atom. The molecule has 0 aliphatic carbocycles. The molecule has 30 heavy (non-hydrogen) atoms. The quantitative estimate of drug-likeness (QED) is 0.516. The molecule has 2 heterocycles. The predicted molar refractivity (Wildman–Crippen MR) is 108 cm³/mol. The minimum atomic E-state index is -4.91. The number of nitrogens with zero attached hydrogens (tertiary/aromatic N) is 2. The van der Waals surface area contributed by atoms with Gasteiger partial charge in [-0.05, 0) is 36.4 Å². The predicted octanol–water partition coefficient (Wildman–Crippen LogP) is 4.25. The summed E-state index contributed by atoms with van der Waals surface area (Å²) in [6.07, 6.45) is 3.75. The molecule has 9 heteroatoms. The third-order valence-electron chi connectivity index (χ3n) is 4.48. The Morgan fingerprint density at radius 2 is 1.67 bits per heavy atom. The maximum absolute atomic E-state index is 12.9. The van der Waals surface area contributed by atoms with Crippen molar-refractivity contribution in [1.82, 2.24) is 9.38 Å². The Hall–Kier alpha value is -3.59. The van der Waals surface area contributed by atoms with E-state index in [2.05, 4.69) is 10.3 Å². The number of rotatable bonds is 5. The summed E-state index contributed by atoms with van der Waals surface area (Å²) in [7, 11) is -4.91. The monoisotopic (exact) mass is 427 g/mol. The molecule has 0 fully saturated rings. The first-order chi connectivity index (χ1) is 14.4. The standard InChI is InChI=1S/C21H15F2N3O3S/c22-21(23)30(28,29)18-6-2-1-5-16(18)20(27)24-15-10-8-14(9-11-15)17-13-26-12-4-3-7-19(26)25-17/h1-13,21H,(H,24,27). The summed E-state index contributed by atoms with van der Waals surface area (Å²) in [6, 6.07) is 17.3. The lowest BCUT2D eigenvalue weighted by molar-refractivity contribution is 0.102. The zero-order valence-electron chi connectivity index (χ0n) is 15.4. The normalized spacial score (nSPS) is 11.7. The molecule has 0 atom stereocenters. The van der Waals surface area contributed by atoms with Crippen molar-refractivity contribution in [2.45, 2.75) is 10.7 Å². The largest absolute Gasteiger partial charge is 0.341 e. The van der Waals surface area contributed by atoms with Crippen LogP contribution in [0, 0.1) is 0 Å². The highest BCUT2D eigenvalue weighted by Gasteiger charge is 2.30. The Kier molecular flexibility index (Phi) is 5.04. The lowest BCUT2D eigenvalue weighted by Gasteiger charge is -2.10. The van der Waals surface area contributed by atoms with Crippen LogP contribution in [0.4, 0.5) is 14.5 Å². The van der Waals surface area contributed by atoms with Gasteiger partial charge in [0.25, 0.3) is 5.91 Å². The van der Waals surface area contributed by atoms with Gasteiger partial charge in [-0.3, -0.25) is 4.79 Å². The molecule has 0 aliphatic rings. The van der Waals surface area contributed by atoms with E-state index in [0.29, 0.717) is 5.69 Å². The SMILES string of the molecule is O=C(Nc1ccc(-c2cn3ccccc3n2)cc1)c1ccccc1S(=O)(=O)C(F)F. The Labute approximate surface area is 170 Å². The van der Waals surface area contributed by atoms with Crippen LogP contribution in [0.25, 0.3) is 16.9 Å². The van der Waals surface area contributed by atoms with Crippen molar-refractivity contribution in [3.8, 4) is 11.3 Å². The van der Waals surface area contributed by atoms with Gasteiger partial charge in [-0.25, -0.2) is 13.4 Å². The molecule has 0 saturated heterocycles. The van der Waals surface area contributed by atoms with Crippen molar-refractivity contribution in [2.75, 3.05) is 5.32 Å². The summed E-state index contributed by atoms with van der Waals surface area (Å²) in [5, 5.41) is 2.54. The number of alkyl halides is 2. The number of benzene rings is 2. The Morgan fingerprint density at radius 3 is 2.37 bits per heavy atom. The van der Waals surface area contributed by atoms with Crippen LogP contribution in [0.3, 0.4) is 0 Å². The van der Waals surface area contributed by atoms with Crippen LogP contribution in [-0.4, -0.2) is 29.5 Å². The van der Waals surface area contributed by atoms with Crippen molar-refractivity contribution in [1.29, 1.82) is 0 Å². The van der Waals surface area contributed by atoms with E-state index in [4.69, 9.17) is 0 Å². The van der Waals surface area contributed by atoms with Gasteiger partial charge in [0.2, 0.25) is 9.84 Å². The van der Waals surface area contributed by atoms with Crippen LogP contribution in [0.5, 0.6) is 0 Å². The van der Waals surface area contributed by atoms with E-state index in [0.717, 1.165) is 23.0 Å². The summed E-state index contributed by atoms with van der Waals surface area (Å²) >= 11 is 0. The first-order valence-corrected chi connectivity index (χ1v) is 10.4. The molecule has 0 unspecified atom stereocenters. The summed E-state index contributed by atoms with van der Waals surface area (Å²) in [5.41, 5.74) is 2.39. The second kappa shape index (κ2) is 7.68. The fraction of sp³-hybridized carbons (Fsp3) is 0.0476. The highest BCUT2D eigenvalue weighted by Crippen LogP contribution is 2.25. The first-order valence-electron chi connectivity index (χ1n) is 8.83. The minimum Gasteiger partial charge on any atom is -0.322 e. The van der Waals surface area contributed by atoms with E-state index in [-0.39, 0.29) is 5.56 Å². The number of aromatic nitrogens is 2. The van der Waals surface area contributed by atoms with Crippen molar-refractivity contribution in [3.05, 3.63) is 84.7 Å². The fourth-order valence-electron chi connectivity index (χ4n) is 2.99. The molecule has 0 spiro atoms. The van der Waals surface area contributed by atoms with Crippen LogP contribution in [-0.2, 0) is 9.84 Å². The summed E-state index contributed by atoms with van der Waals surface area (Å²) in [6.45, 7) is 0. The topological polar surface area (TPSA) is 80.5 Å². The fourth-order valence-corrected chi connectivity index (χ4v) is 3.92. The van der Waals surface area contributed by atoms with Gasteiger partial charge >= 0.3 is 5.76 Å². The molecule has 2 aromatic heterocycles. The maximum Gasteiger partial charge on any atom is 0.341 e. The molecule has 1 amide bonds. The van der Waals surface area contributed by atoms with Gasteiger partial charge in [-0.15, -0.1) is 0 Å². The molecule has 0 aliphatic heterocycles. The molecule has 4 aromatic rings. The van der Waals surface area contributed by atoms with Gasteiger partial charge in [0.15, 0.2) is 0 Å². The van der Waals surface area contributed by atoms with Gasteiger partial charge in [-0.2, -0.15) is 8.78 Å². The number of halogens is 2. The van der Waals surface area contributed by atoms with Gasteiger partial charge in [0, 0.05) is 23.6 Å². The van der Waals surface area contributed by atoms with Crippen LogP contribution in [0.15, 0.2) is 84.0 Å². The summed E-state index contributed by atoms with van der Waals surface area (Å²) in [4.78, 5) is 16.3. The number of carbonyl (C=O) groups excluding carboxylic acids is 1. The number of fused-ring (bicyclic) bond motifs is 1. The third-order valence-corrected chi connectivity index (χ3v) is 5.91. The smallest absolute Gasteiger partial charge is 0.322 e. The molecule has 152 valence electrons. The second-order valence-corrected chi connectivity index (χ2v) is 8.31. The van der Waals surface area contributed by atoms with E-state index < -0.39 is 26.4 Å². The van der Waals surface area contributed by atoms with Crippen LogP contribution in [0.1, 0.15) is 10.4 Å². The number of anilines is 1. The zero-order valence-corrected chi connectivity index (χ0v) is 16.2. The van der Waals surface area contributed by atoms with E-state index >= 15 is 0 Å². The summed E-state index contributed by atoms with van der Waals surface area (Å²) < 4.78 is 51.4. The highest BCUT2D eigenvalue weighted by molar-refractivity contribution is 7.91. The van der Waals surface area contributed by atoms with Crippen molar-refractivity contribution >= 4 is 27.1 Å². The van der Waals surface area contributed by atoms with Crippen molar-refractivity contribution in [2.24, 2.45) is 0 Å². The average Bonchev–Trinajstić information content (AvgIpc) is 3.18. The Bertz CT molecular complexity index is 1300. The highest BCUT2D eigenvalue weighted by atomic mass is 32.2. The molecule has 1 N–H and O–H groups in total. The first kappa shape index (κ1) is 19.7. The van der Waals surface area contributed by atoms with Crippen molar-refractivity contribution in [3.63, 3.8) is 0 Å². The number of amides is 1. The van der Waals surface area contributed by atoms with E-state index in [1.165, 1.54) is 18.2 Å². The number of imidazole rings is 1.